The van der Waals surface area contributed by atoms with Crippen molar-refractivity contribution in [3.05, 3.63) is 24.2 Å². The highest BCUT2D eigenvalue weighted by atomic mass is 35.5. The van der Waals surface area contributed by atoms with Gasteiger partial charge in [-0.1, -0.05) is 0 Å². The molecule has 2 aliphatic heterocycles. The zero-order valence-corrected chi connectivity index (χ0v) is 14.0. The maximum atomic E-state index is 12.3. The van der Waals surface area contributed by atoms with Crippen LogP contribution in [0.5, 0.6) is 0 Å². The Balaban J connectivity index is 1.70. The molecule has 2 amide bonds. The average Bonchev–Trinajstić information content (AvgIpc) is 3.12. The van der Waals surface area contributed by atoms with Crippen LogP contribution in [0.1, 0.15) is 25.5 Å². The first-order valence-electron chi connectivity index (χ1n) is 7.41. The van der Waals surface area contributed by atoms with Gasteiger partial charge >= 0.3 is 0 Å². The summed E-state index contributed by atoms with van der Waals surface area (Å²) >= 11 is 7.58. The van der Waals surface area contributed by atoms with Crippen LogP contribution in [0.4, 0.5) is 0 Å². The second kappa shape index (κ2) is 6.16. The van der Waals surface area contributed by atoms with Gasteiger partial charge in [0.2, 0.25) is 11.8 Å². The van der Waals surface area contributed by atoms with Gasteiger partial charge < -0.3 is 14.2 Å². The second-order valence-electron chi connectivity index (χ2n) is 5.74. The number of thioether (sulfide) groups is 1. The fraction of sp³-hybridized carbons (Fsp3) is 0.600. The SMILES string of the molecule is C[C@@H](Cl)C(=O)N1CCC2(CC1)SCC(=O)N2Cc1ccco1. The Morgan fingerprint density at radius 2 is 2.23 bits per heavy atom. The van der Waals surface area contributed by atoms with Crippen molar-refractivity contribution in [3.8, 4) is 0 Å². The number of likely N-dealkylation sites (tertiary alicyclic amines) is 1. The van der Waals surface area contributed by atoms with E-state index >= 15 is 0 Å². The quantitative estimate of drug-likeness (QED) is 0.791. The van der Waals surface area contributed by atoms with Gasteiger partial charge in [-0.25, -0.2) is 0 Å². The van der Waals surface area contributed by atoms with Gasteiger partial charge in [0, 0.05) is 13.1 Å². The highest BCUT2D eigenvalue weighted by Crippen LogP contribution is 2.45. The summed E-state index contributed by atoms with van der Waals surface area (Å²) in [6.45, 7) is 3.49. The summed E-state index contributed by atoms with van der Waals surface area (Å²) in [6.07, 6.45) is 3.18. The van der Waals surface area contributed by atoms with E-state index in [0.717, 1.165) is 18.6 Å². The van der Waals surface area contributed by atoms with Crippen molar-refractivity contribution < 1.29 is 14.0 Å². The van der Waals surface area contributed by atoms with Crippen molar-refractivity contribution in [2.45, 2.75) is 36.6 Å². The summed E-state index contributed by atoms with van der Waals surface area (Å²) < 4.78 is 5.38. The van der Waals surface area contributed by atoms with E-state index in [0.29, 0.717) is 25.4 Å². The van der Waals surface area contributed by atoms with E-state index in [4.69, 9.17) is 16.0 Å². The fourth-order valence-electron chi connectivity index (χ4n) is 3.11. The van der Waals surface area contributed by atoms with Crippen LogP contribution < -0.4 is 0 Å². The molecule has 0 bridgehead atoms. The minimum absolute atomic E-state index is 0.0246. The van der Waals surface area contributed by atoms with E-state index in [1.54, 1.807) is 29.8 Å². The van der Waals surface area contributed by atoms with Crippen molar-refractivity contribution in [1.82, 2.24) is 9.80 Å². The molecule has 2 fully saturated rings. The Labute approximate surface area is 138 Å². The molecule has 0 radical (unpaired) electrons. The number of carbonyl (C=O) groups is 2. The number of carbonyl (C=O) groups excluding carboxylic acids is 2. The standard InChI is InChI=1S/C15H19ClN2O3S/c1-11(16)14(20)17-6-4-15(5-7-17)18(13(19)10-22-15)9-12-3-2-8-21-12/h2-3,8,11H,4-7,9-10H2,1H3/t11-/m1/s1. The van der Waals surface area contributed by atoms with Crippen molar-refractivity contribution in [1.29, 1.82) is 0 Å². The first kappa shape index (κ1) is 15.7. The van der Waals surface area contributed by atoms with Gasteiger partial charge in [-0.15, -0.1) is 23.4 Å². The molecule has 0 saturated carbocycles. The molecule has 0 aliphatic carbocycles. The van der Waals surface area contributed by atoms with Crippen LogP contribution in [-0.4, -0.2) is 50.7 Å². The Hall–Kier alpha value is -1.14. The molecule has 2 saturated heterocycles. The van der Waals surface area contributed by atoms with Gasteiger partial charge in [-0.05, 0) is 31.9 Å². The third kappa shape index (κ3) is 2.86. The third-order valence-corrected chi connectivity index (χ3v) is 6.09. The minimum atomic E-state index is -0.494. The Bertz CT molecular complexity index is 553. The monoisotopic (exact) mass is 342 g/mol. The molecule has 5 nitrogen and oxygen atoms in total. The molecular formula is C15H19ClN2O3S. The van der Waals surface area contributed by atoms with Gasteiger partial charge in [0.05, 0.1) is 23.4 Å². The number of hydrogen-bond donors (Lipinski definition) is 0. The third-order valence-electron chi connectivity index (χ3n) is 4.35. The molecule has 3 heterocycles. The maximum absolute atomic E-state index is 12.3. The van der Waals surface area contributed by atoms with E-state index in [9.17, 15) is 9.59 Å². The largest absolute Gasteiger partial charge is 0.467 e. The summed E-state index contributed by atoms with van der Waals surface area (Å²) in [5, 5.41) is -0.494. The van der Waals surface area contributed by atoms with Gasteiger partial charge in [0.1, 0.15) is 11.1 Å². The van der Waals surface area contributed by atoms with E-state index in [1.807, 2.05) is 17.0 Å². The number of amides is 2. The average molecular weight is 343 g/mol. The number of alkyl halides is 1. The maximum Gasteiger partial charge on any atom is 0.240 e. The summed E-state index contributed by atoms with van der Waals surface area (Å²) in [4.78, 5) is 27.8. The van der Waals surface area contributed by atoms with E-state index in [1.165, 1.54) is 0 Å². The number of halogens is 1. The molecule has 1 aromatic heterocycles. The number of piperidine rings is 1. The van der Waals surface area contributed by atoms with E-state index < -0.39 is 5.38 Å². The minimum Gasteiger partial charge on any atom is -0.467 e. The van der Waals surface area contributed by atoms with Crippen molar-refractivity contribution in [3.63, 3.8) is 0 Å². The van der Waals surface area contributed by atoms with Crippen LogP contribution in [0.15, 0.2) is 22.8 Å². The van der Waals surface area contributed by atoms with Gasteiger partial charge in [0.25, 0.3) is 0 Å². The first-order valence-corrected chi connectivity index (χ1v) is 8.84. The van der Waals surface area contributed by atoms with Crippen LogP contribution in [-0.2, 0) is 16.1 Å². The van der Waals surface area contributed by atoms with Crippen molar-refractivity contribution in [2.24, 2.45) is 0 Å². The van der Waals surface area contributed by atoms with Crippen LogP contribution >= 0.6 is 23.4 Å². The molecule has 22 heavy (non-hydrogen) atoms. The summed E-state index contributed by atoms with van der Waals surface area (Å²) in [6, 6.07) is 3.72. The normalized spacial score (nSPS) is 22.4. The van der Waals surface area contributed by atoms with Gasteiger partial charge in [-0.2, -0.15) is 0 Å². The molecule has 3 rings (SSSR count). The summed E-state index contributed by atoms with van der Waals surface area (Å²) in [7, 11) is 0. The lowest BCUT2D eigenvalue weighted by Crippen LogP contribution is -2.53. The Kier molecular flexibility index (Phi) is 4.41. The lowest BCUT2D eigenvalue weighted by molar-refractivity contribution is -0.135. The number of hydrogen-bond acceptors (Lipinski definition) is 4. The molecular weight excluding hydrogens is 324 g/mol. The molecule has 2 aliphatic rings. The topological polar surface area (TPSA) is 53.8 Å². The Morgan fingerprint density at radius 1 is 1.50 bits per heavy atom. The molecule has 7 heteroatoms. The Morgan fingerprint density at radius 3 is 2.82 bits per heavy atom. The lowest BCUT2D eigenvalue weighted by Gasteiger charge is -2.44. The number of rotatable bonds is 3. The zero-order chi connectivity index (χ0) is 15.7. The van der Waals surface area contributed by atoms with Crippen LogP contribution in [0.2, 0.25) is 0 Å². The van der Waals surface area contributed by atoms with E-state index in [-0.39, 0.29) is 16.7 Å². The second-order valence-corrected chi connectivity index (χ2v) is 7.73. The van der Waals surface area contributed by atoms with Crippen molar-refractivity contribution in [2.75, 3.05) is 18.8 Å². The molecule has 1 spiro atoms. The lowest BCUT2D eigenvalue weighted by atomic mass is 10.0. The molecule has 0 N–H and O–H groups in total. The fourth-order valence-corrected chi connectivity index (χ4v) is 4.59. The number of furan rings is 1. The first-order chi connectivity index (χ1) is 10.5. The predicted octanol–water partition coefficient (Wildman–Crippen LogP) is 2.30. The van der Waals surface area contributed by atoms with E-state index in [2.05, 4.69) is 0 Å². The van der Waals surface area contributed by atoms with Gasteiger partial charge in [0.15, 0.2) is 0 Å². The predicted molar refractivity (Wildman–Crippen MR) is 85.6 cm³/mol. The van der Waals surface area contributed by atoms with Crippen LogP contribution in [0.25, 0.3) is 0 Å². The summed E-state index contributed by atoms with van der Waals surface area (Å²) in [5.41, 5.74) is 0. The molecule has 1 atom stereocenters. The zero-order valence-electron chi connectivity index (χ0n) is 12.5. The molecule has 120 valence electrons. The van der Waals surface area contributed by atoms with Crippen LogP contribution in [0, 0.1) is 0 Å². The smallest absolute Gasteiger partial charge is 0.240 e. The number of nitrogens with zero attached hydrogens (tertiary/aromatic N) is 2. The highest BCUT2D eigenvalue weighted by Gasteiger charge is 2.48. The van der Waals surface area contributed by atoms with Crippen molar-refractivity contribution >= 4 is 35.2 Å². The molecule has 0 aromatic carbocycles. The van der Waals surface area contributed by atoms with Crippen LogP contribution in [0.3, 0.4) is 0 Å². The summed E-state index contributed by atoms with van der Waals surface area (Å²) in [5.74, 6) is 1.42. The van der Waals surface area contributed by atoms with Gasteiger partial charge in [-0.3, -0.25) is 9.59 Å². The molecule has 0 unspecified atom stereocenters. The molecule has 1 aromatic rings. The highest BCUT2D eigenvalue weighted by molar-refractivity contribution is 8.01.